The molecule has 5 N–H and O–H groups in total. The Morgan fingerprint density at radius 1 is 1.33 bits per heavy atom. The summed E-state index contributed by atoms with van der Waals surface area (Å²) in [5.41, 5.74) is 0. The fourth-order valence-electron chi connectivity index (χ4n) is 2.72. The molecule has 0 bridgehead atoms. The summed E-state index contributed by atoms with van der Waals surface area (Å²) in [6, 6.07) is -0.188. The normalized spacial score (nSPS) is 27.4. The van der Waals surface area contributed by atoms with Crippen molar-refractivity contribution in [3.8, 4) is 0 Å². The third-order valence-electron chi connectivity index (χ3n) is 3.89. The van der Waals surface area contributed by atoms with E-state index in [9.17, 15) is 9.59 Å². The van der Waals surface area contributed by atoms with Gasteiger partial charge in [0.1, 0.15) is 0 Å². The van der Waals surface area contributed by atoms with Crippen molar-refractivity contribution in [2.24, 2.45) is 0 Å². The summed E-state index contributed by atoms with van der Waals surface area (Å²) in [5.74, 6) is 0.805. The molecule has 3 amide bonds. The Bertz CT molecular complexity index is 378. The third-order valence-corrected chi connectivity index (χ3v) is 5.40. The van der Waals surface area contributed by atoms with E-state index >= 15 is 0 Å². The van der Waals surface area contributed by atoms with Gasteiger partial charge >= 0.3 is 6.03 Å². The van der Waals surface area contributed by atoms with Crippen molar-refractivity contribution in [1.29, 1.82) is 0 Å². The van der Waals surface area contributed by atoms with Gasteiger partial charge in [-0.3, -0.25) is 4.79 Å². The minimum absolute atomic E-state index is 0.0753. The van der Waals surface area contributed by atoms with Crippen LogP contribution in [0, 0.1) is 0 Å². The Morgan fingerprint density at radius 3 is 2.81 bits per heavy atom. The molecule has 0 aromatic carbocycles. The molecule has 2 aliphatic rings. The number of aliphatic hydroxyl groups excluding tert-OH is 2. The number of unbranched alkanes of at least 4 members (excludes halogenated alkanes) is 1. The van der Waals surface area contributed by atoms with Gasteiger partial charge in [0.15, 0.2) is 0 Å². The molecule has 3 atom stereocenters. The van der Waals surface area contributed by atoms with Gasteiger partial charge in [-0.05, 0) is 12.8 Å². The topological polar surface area (TPSA) is 111 Å². The van der Waals surface area contributed by atoms with Crippen molar-refractivity contribution in [1.82, 2.24) is 16.0 Å². The van der Waals surface area contributed by atoms with Crippen molar-refractivity contribution in [3.63, 3.8) is 0 Å². The van der Waals surface area contributed by atoms with Crippen LogP contribution in [0.15, 0.2) is 0 Å². The van der Waals surface area contributed by atoms with Gasteiger partial charge in [0.05, 0.1) is 31.3 Å². The zero-order valence-corrected chi connectivity index (χ0v) is 12.7. The summed E-state index contributed by atoms with van der Waals surface area (Å²) in [5, 5.41) is 26.6. The average molecular weight is 317 g/mol. The number of thioether (sulfide) groups is 1. The van der Waals surface area contributed by atoms with Crippen molar-refractivity contribution >= 4 is 23.7 Å². The molecule has 0 aliphatic carbocycles. The lowest BCUT2D eigenvalue weighted by Gasteiger charge is -2.16. The highest BCUT2D eigenvalue weighted by Crippen LogP contribution is 2.33. The third kappa shape index (κ3) is 4.49. The van der Waals surface area contributed by atoms with E-state index < -0.39 is 6.04 Å². The van der Waals surface area contributed by atoms with Crippen molar-refractivity contribution in [2.75, 3.05) is 19.0 Å². The fourth-order valence-corrected chi connectivity index (χ4v) is 4.27. The van der Waals surface area contributed by atoms with Crippen LogP contribution in [0.25, 0.3) is 0 Å². The molecular formula is C13H23N3O4S. The molecule has 2 saturated heterocycles. The molecule has 0 aromatic rings. The molecule has 2 aliphatic heterocycles. The first kappa shape index (κ1) is 16.4. The predicted molar refractivity (Wildman–Crippen MR) is 80.1 cm³/mol. The van der Waals surface area contributed by atoms with Gasteiger partial charge in [-0.1, -0.05) is 6.42 Å². The van der Waals surface area contributed by atoms with Gasteiger partial charge in [-0.15, -0.1) is 0 Å². The smallest absolute Gasteiger partial charge is 0.315 e. The number of urea groups is 1. The summed E-state index contributed by atoms with van der Waals surface area (Å²) < 4.78 is 0. The minimum atomic E-state index is -0.566. The summed E-state index contributed by atoms with van der Waals surface area (Å²) in [4.78, 5) is 22.8. The zero-order valence-electron chi connectivity index (χ0n) is 11.9. The SMILES string of the molecule is O=C(CCCC[C@@H]1SC[C@@H]2NC(=O)N[C@@H]21)NC(CO)CO. The van der Waals surface area contributed by atoms with Gasteiger partial charge < -0.3 is 26.2 Å². The van der Waals surface area contributed by atoms with Gasteiger partial charge in [-0.2, -0.15) is 11.8 Å². The number of nitrogens with one attached hydrogen (secondary N) is 3. The number of hydrogen-bond donors (Lipinski definition) is 5. The summed E-state index contributed by atoms with van der Waals surface area (Å²) in [7, 11) is 0. The Morgan fingerprint density at radius 2 is 2.10 bits per heavy atom. The summed E-state index contributed by atoms with van der Waals surface area (Å²) in [6.45, 7) is -0.507. The van der Waals surface area contributed by atoms with Crippen LogP contribution in [0.3, 0.4) is 0 Å². The molecule has 0 saturated carbocycles. The van der Waals surface area contributed by atoms with E-state index in [0.717, 1.165) is 25.0 Å². The van der Waals surface area contributed by atoms with Gasteiger partial charge in [-0.25, -0.2) is 4.79 Å². The largest absolute Gasteiger partial charge is 0.394 e. The monoisotopic (exact) mass is 317 g/mol. The molecule has 0 spiro atoms. The minimum Gasteiger partial charge on any atom is -0.394 e. The van der Waals surface area contributed by atoms with Gasteiger partial charge in [0, 0.05) is 17.4 Å². The number of amides is 3. The lowest BCUT2D eigenvalue weighted by molar-refractivity contribution is -0.122. The lowest BCUT2D eigenvalue weighted by atomic mass is 10.0. The van der Waals surface area contributed by atoms with Crippen LogP contribution in [-0.2, 0) is 4.79 Å². The van der Waals surface area contributed by atoms with Crippen molar-refractivity contribution < 1.29 is 19.8 Å². The highest BCUT2D eigenvalue weighted by Gasteiger charge is 2.42. The van der Waals surface area contributed by atoms with Crippen LogP contribution in [0.4, 0.5) is 4.79 Å². The molecule has 8 heteroatoms. The van der Waals surface area contributed by atoms with E-state index in [0.29, 0.717) is 11.7 Å². The second-order valence-corrected chi connectivity index (χ2v) is 6.77. The molecule has 7 nitrogen and oxygen atoms in total. The van der Waals surface area contributed by atoms with E-state index in [1.165, 1.54) is 0 Å². The maximum absolute atomic E-state index is 11.6. The highest BCUT2D eigenvalue weighted by molar-refractivity contribution is 8.00. The number of carbonyl (C=O) groups excluding carboxylic acids is 2. The number of aliphatic hydroxyl groups is 2. The predicted octanol–water partition coefficient (Wildman–Crippen LogP) is -0.818. The second kappa shape index (κ2) is 7.86. The molecule has 2 fully saturated rings. The maximum Gasteiger partial charge on any atom is 0.315 e. The molecule has 0 aromatic heterocycles. The second-order valence-electron chi connectivity index (χ2n) is 5.50. The Hall–Kier alpha value is -0.990. The van der Waals surface area contributed by atoms with Crippen LogP contribution in [0.5, 0.6) is 0 Å². The molecule has 0 radical (unpaired) electrons. The number of fused-ring (bicyclic) bond motifs is 1. The number of rotatable bonds is 8. The summed E-state index contributed by atoms with van der Waals surface area (Å²) in [6.07, 6.45) is 3.06. The molecule has 2 heterocycles. The van der Waals surface area contributed by atoms with E-state index in [2.05, 4.69) is 16.0 Å². The average Bonchev–Trinajstić information content (AvgIpc) is 3.00. The van der Waals surface area contributed by atoms with Crippen molar-refractivity contribution in [3.05, 3.63) is 0 Å². The van der Waals surface area contributed by atoms with E-state index in [-0.39, 0.29) is 37.2 Å². The Labute approximate surface area is 128 Å². The van der Waals surface area contributed by atoms with E-state index in [4.69, 9.17) is 10.2 Å². The summed E-state index contributed by atoms with van der Waals surface area (Å²) >= 11 is 1.87. The number of carbonyl (C=O) groups is 2. The lowest BCUT2D eigenvalue weighted by Crippen LogP contribution is -2.40. The number of hydrogen-bond acceptors (Lipinski definition) is 5. The van der Waals surface area contributed by atoms with E-state index in [1.54, 1.807) is 0 Å². The molecular weight excluding hydrogens is 294 g/mol. The zero-order chi connectivity index (χ0) is 15.2. The van der Waals surface area contributed by atoms with Crippen molar-refractivity contribution in [2.45, 2.75) is 49.1 Å². The standard InChI is InChI=1S/C13H23N3O4S/c17-5-8(6-18)14-11(19)4-2-1-3-10-12-9(7-21-10)15-13(20)16-12/h8-10,12,17-18H,1-7H2,(H,14,19)(H2,15,16,20)/t9-,10-,12-/m0/s1. The molecule has 0 unspecified atom stereocenters. The Kier molecular flexibility index (Phi) is 6.13. The van der Waals surface area contributed by atoms with Gasteiger partial charge in [0.2, 0.25) is 5.91 Å². The molecule has 21 heavy (non-hydrogen) atoms. The highest BCUT2D eigenvalue weighted by atomic mass is 32.2. The van der Waals surface area contributed by atoms with Crippen LogP contribution in [0.1, 0.15) is 25.7 Å². The first-order valence-corrected chi connectivity index (χ1v) is 8.38. The first-order valence-electron chi connectivity index (χ1n) is 7.33. The quantitative estimate of drug-likeness (QED) is 0.297. The first-order chi connectivity index (χ1) is 10.1. The van der Waals surface area contributed by atoms with Crippen LogP contribution in [-0.4, -0.2) is 64.5 Å². The maximum atomic E-state index is 11.6. The van der Waals surface area contributed by atoms with Gasteiger partial charge in [0.25, 0.3) is 0 Å². The van der Waals surface area contributed by atoms with Crippen LogP contribution < -0.4 is 16.0 Å². The molecule has 2 rings (SSSR count). The Balaban J connectivity index is 1.60. The molecule has 120 valence electrons. The van der Waals surface area contributed by atoms with E-state index in [1.807, 2.05) is 11.8 Å². The van der Waals surface area contributed by atoms with Crippen LogP contribution in [0.2, 0.25) is 0 Å². The van der Waals surface area contributed by atoms with Crippen LogP contribution >= 0.6 is 11.8 Å². The fraction of sp³-hybridized carbons (Fsp3) is 0.846.